The number of alkyl carbamates (subject to hydrolysis) is 1. The summed E-state index contributed by atoms with van der Waals surface area (Å²) in [6.07, 6.45) is -0.855. The molecule has 2 unspecified atom stereocenters. The van der Waals surface area contributed by atoms with Crippen LogP contribution in [0.4, 0.5) is 4.79 Å². The second-order valence-electron chi connectivity index (χ2n) is 13.8. The molecule has 0 radical (unpaired) electrons. The van der Waals surface area contributed by atoms with Crippen molar-refractivity contribution in [2.45, 2.75) is 98.8 Å². The molecule has 6 rings (SSSR count). The van der Waals surface area contributed by atoms with Crippen molar-refractivity contribution in [3.8, 4) is 11.5 Å². The van der Waals surface area contributed by atoms with E-state index in [1.165, 1.54) is 5.56 Å². The smallest absolute Gasteiger partial charge is 0.491 e. The minimum absolute atomic E-state index is 0. The van der Waals surface area contributed by atoms with Crippen molar-refractivity contribution in [1.82, 2.24) is 5.32 Å². The third kappa shape index (κ3) is 8.10. The lowest BCUT2D eigenvalue weighted by molar-refractivity contribution is 0.0249. The van der Waals surface area contributed by atoms with E-state index < -0.39 is 24.4 Å². The average molecular weight is 647 g/mol. The van der Waals surface area contributed by atoms with Crippen molar-refractivity contribution in [3.63, 3.8) is 0 Å². The predicted octanol–water partition coefficient (Wildman–Crippen LogP) is 4.44. The average Bonchev–Trinajstić information content (AvgIpc) is 3.37. The molecule has 248 valence electrons. The number of hydrogen-bond donors (Lipinski definition) is 2. The standard InChI is InChI=1S/C18H26BNO5.C13H18BNO3.CH4.ClH/c1-11-7-8-12-15-14(11)13(9-20-16(21)23-17(2,3)4)24-19(15)25-18(5,6)10-22-12;1-8-4-5-9-12-11(8)10(6-15)17-14(12)18-13(2,3)7-16-9;;/h7-8,13H,9-10H2,1-6H3,(H,20,21);4-5,10H,6-7,15H2,1-3H3;1H4;1H. The lowest BCUT2D eigenvalue weighted by Crippen LogP contribution is -2.41. The number of hydrogen-bond acceptors (Lipinski definition) is 9. The van der Waals surface area contributed by atoms with E-state index in [9.17, 15) is 4.79 Å². The molecule has 0 spiro atoms. The molecule has 0 saturated heterocycles. The minimum atomic E-state index is -0.536. The lowest BCUT2D eigenvalue weighted by atomic mass is 9.76. The van der Waals surface area contributed by atoms with Crippen LogP contribution < -0.4 is 31.4 Å². The Balaban J connectivity index is 0.000000246. The highest BCUT2D eigenvalue weighted by molar-refractivity contribution is 6.65. The van der Waals surface area contributed by atoms with Crippen molar-refractivity contribution >= 4 is 43.7 Å². The van der Waals surface area contributed by atoms with Crippen LogP contribution in [0.1, 0.15) is 90.4 Å². The first kappa shape index (κ1) is 37.0. The molecule has 3 N–H and O–H groups in total. The molecule has 0 fully saturated rings. The number of carbonyl (C=O) groups excluding carboxylic acids is 1. The number of nitrogens with two attached hydrogens (primary N) is 1. The number of rotatable bonds is 3. The van der Waals surface area contributed by atoms with Crippen molar-refractivity contribution in [1.29, 1.82) is 0 Å². The lowest BCUT2D eigenvalue weighted by Gasteiger charge is -2.25. The summed E-state index contributed by atoms with van der Waals surface area (Å²) >= 11 is 0. The van der Waals surface area contributed by atoms with Crippen LogP contribution in [0, 0.1) is 13.8 Å². The maximum atomic E-state index is 12.0. The largest absolute Gasteiger partial charge is 0.499 e. The summed E-state index contributed by atoms with van der Waals surface area (Å²) in [5, 5.41) is 2.79. The van der Waals surface area contributed by atoms with Crippen molar-refractivity contribution in [2.24, 2.45) is 5.73 Å². The maximum absolute atomic E-state index is 12.0. The first-order chi connectivity index (χ1) is 20.1. The molecule has 4 aliphatic rings. The van der Waals surface area contributed by atoms with Crippen LogP contribution in [0.2, 0.25) is 0 Å². The fraction of sp³-hybridized carbons (Fsp3) is 0.594. The number of halogens is 1. The molecule has 13 heteroatoms. The van der Waals surface area contributed by atoms with Gasteiger partial charge in [-0.05, 0) is 96.7 Å². The Bertz CT molecular complexity index is 1380. The van der Waals surface area contributed by atoms with Gasteiger partial charge in [-0.1, -0.05) is 19.6 Å². The molecular formula is C32H49B2ClN2O8. The topological polar surface area (TPSA) is 120 Å². The number of carbonyl (C=O) groups is 1. The van der Waals surface area contributed by atoms with E-state index in [0.717, 1.165) is 39.1 Å². The molecule has 45 heavy (non-hydrogen) atoms. The van der Waals surface area contributed by atoms with Gasteiger partial charge in [0.05, 0.1) is 23.4 Å². The summed E-state index contributed by atoms with van der Waals surface area (Å²) in [6, 6.07) is 8.02. The first-order valence-electron chi connectivity index (χ1n) is 14.9. The normalized spacial score (nSPS) is 21.6. The Morgan fingerprint density at radius 3 is 1.78 bits per heavy atom. The molecule has 2 atom stereocenters. The fourth-order valence-electron chi connectivity index (χ4n) is 5.75. The molecule has 10 nitrogen and oxygen atoms in total. The van der Waals surface area contributed by atoms with E-state index in [-0.39, 0.29) is 44.8 Å². The van der Waals surface area contributed by atoms with Gasteiger partial charge in [0.2, 0.25) is 0 Å². The van der Waals surface area contributed by atoms with Crippen LogP contribution in [0.15, 0.2) is 24.3 Å². The summed E-state index contributed by atoms with van der Waals surface area (Å²) in [4.78, 5) is 12.0. The third-order valence-corrected chi connectivity index (χ3v) is 7.67. The van der Waals surface area contributed by atoms with E-state index in [2.05, 4.69) is 18.3 Å². The first-order valence-corrected chi connectivity index (χ1v) is 14.9. The van der Waals surface area contributed by atoms with Crippen LogP contribution >= 0.6 is 12.4 Å². The number of amides is 1. The van der Waals surface area contributed by atoms with E-state index in [1.54, 1.807) is 0 Å². The molecule has 0 aliphatic carbocycles. The summed E-state index contributed by atoms with van der Waals surface area (Å²) in [5.74, 6) is 1.65. The van der Waals surface area contributed by atoms with Gasteiger partial charge in [-0.15, -0.1) is 12.4 Å². The van der Waals surface area contributed by atoms with Crippen molar-refractivity contribution in [3.05, 3.63) is 46.5 Å². The maximum Gasteiger partial charge on any atom is 0.499 e. The monoisotopic (exact) mass is 646 g/mol. The van der Waals surface area contributed by atoms with E-state index in [0.29, 0.717) is 26.3 Å². The molecule has 1 amide bonds. The Morgan fingerprint density at radius 2 is 1.33 bits per heavy atom. The molecule has 4 aliphatic heterocycles. The predicted molar refractivity (Wildman–Crippen MR) is 179 cm³/mol. The Morgan fingerprint density at radius 1 is 0.889 bits per heavy atom. The second kappa shape index (κ2) is 13.7. The highest BCUT2D eigenvalue weighted by atomic mass is 35.5. The van der Waals surface area contributed by atoms with Crippen LogP contribution in [0.5, 0.6) is 11.5 Å². The van der Waals surface area contributed by atoms with Crippen molar-refractivity contribution in [2.75, 3.05) is 26.3 Å². The Hall–Kier alpha value is -2.47. The Kier molecular flexibility index (Phi) is 11.3. The number of aryl methyl sites for hydroxylation is 2. The number of benzene rings is 2. The van der Waals surface area contributed by atoms with Crippen LogP contribution in [0.3, 0.4) is 0 Å². The zero-order chi connectivity index (χ0) is 31.3. The van der Waals surface area contributed by atoms with Crippen LogP contribution in [-0.4, -0.2) is 63.4 Å². The number of ether oxygens (including phenoxy) is 3. The molecule has 2 aromatic rings. The van der Waals surface area contributed by atoms with Gasteiger partial charge >= 0.3 is 20.3 Å². The SMILES string of the molecule is C.Cc1ccc2c3c1C(CN)OB3OC(C)(C)CO2.Cc1ccc2c3c1C(CNC(=O)OC(C)(C)C)OB3OC(C)(C)CO2.Cl. The van der Waals surface area contributed by atoms with Crippen LogP contribution in [0.25, 0.3) is 0 Å². The highest BCUT2D eigenvalue weighted by Crippen LogP contribution is 2.36. The summed E-state index contributed by atoms with van der Waals surface area (Å²) in [5.41, 5.74) is 10.8. The van der Waals surface area contributed by atoms with Crippen LogP contribution in [-0.2, 0) is 23.4 Å². The Labute approximate surface area is 275 Å². The minimum Gasteiger partial charge on any atom is -0.491 e. The van der Waals surface area contributed by atoms with Gasteiger partial charge in [0.15, 0.2) is 0 Å². The second-order valence-corrected chi connectivity index (χ2v) is 13.8. The van der Waals surface area contributed by atoms with Gasteiger partial charge in [0.1, 0.15) is 30.3 Å². The van der Waals surface area contributed by atoms with E-state index >= 15 is 0 Å². The van der Waals surface area contributed by atoms with Gasteiger partial charge in [-0.25, -0.2) is 4.79 Å². The zero-order valence-corrected chi connectivity index (χ0v) is 28.0. The van der Waals surface area contributed by atoms with Crippen molar-refractivity contribution < 1.29 is 37.6 Å². The molecule has 0 bridgehead atoms. The number of nitrogens with one attached hydrogen (secondary N) is 1. The van der Waals surface area contributed by atoms with Gasteiger partial charge in [0.25, 0.3) is 0 Å². The highest BCUT2D eigenvalue weighted by Gasteiger charge is 2.47. The van der Waals surface area contributed by atoms with Gasteiger partial charge in [-0.3, -0.25) is 0 Å². The quantitative estimate of drug-likeness (QED) is 0.467. The molecule has 4 heterocycles. The molecule has 0 aromatic heterocycles. The molecule has 2 aromatic carbocycles. The summed E-state index contributed by atoms with van der Waals surface area (Å²) in [6.45, 7) is 19.3. The van der Waals surface area contributed by atoms with Gasteiger partial charge in [-0.2, -0.15) is 0 Å². The van der Waals surface area contributed by atoms with Gasteiger partial charge in [0, 0.05) is 24.0 Å². The third-order valence-electron chi connectivity index (χ3n) is 7.67. The molecule has 0 saturated carbocycles. The summed E-state index contributed by atoms with van der Waals surface area (Å²) in [7, 11) is -0.853. The summed E-state index contributed by atoms with van der Waals surface area (Å²) < 4.78 is 41.3. The fourth-order valence-corrected chi connectivity index (χ4v) is 5.75. The van der Waals surface area contributed by atoms with E-state index in [4.69, 9.17) is 38.6 Å². The van der Waals surface area contributed by atoms with E-state index in [1.807, 2.05) is 73.6 Å². The molecular weight excluding hydrogens is 597 g/mol. The zero-order valence-electron chi connectivity index (χ0n) is 27.2. The van der Waals surface area contributed by atoms with Gasteiger partial charge < -0.3 is 43.9 Å².